The average molecular weight is 348 g/mol. The molecule has 4 rings (SSSR count). The van der Waals surface area contributed by atoms with E-state index in [0.717, 1.165) is 34.5 Å². The van der Waals surface area contributed by atoms with E-state index in [1.807, 2.05) is 23.0 Å². The highest BCUT2D eigenvalue weighted by atomic mass is 15.3. The summed E-state index contributed by atoms with van der Waals surface area (Å²) in [6.07, 6.45) is 4.70. The van der Waals surface area contributed by atoms with Crippen LogP contribution in [0.2, 0.25) is 0 Å². The maximum Gasteiger partial charge on any atom is 0.159 e. The van der Waals surface area contributed by atoms with Gasteiger partial charge in [-0.2, -0.15) is 0 Å². The maximum absolute atomic E-state index is 4.90. The molecule has 0 aliphatic heterocycles. The van der Waals surface area contributed by atoms with Crippen molar-refractivity contribution in [3.05, 3.63) is 53.7 Å². The van der Waals surface area contributed by atoms with Crippen molar-refractivity contribution >= 4 is 16.7 Å². The van der Waals surface area contributed by atoms with Crippen LogP contribution in [0.5, 0.6) is 0 Å². The number of hydrogen-bond donors (Lipinski definition) is 1. The van der Waals surface area contributed by atoms with Crippen molar-refractivity contribution in [1.29, 1.82) is 0 Å². The Bertz CT molecular complexity index is 1080. The molecule has 0 amide bonds. The summed E-state index contributed by atoms with van der Waals surface area (Å²) in [5.41, 5.74) is 6.00. The van der Waals surface area contributed by atoms with Crippen LogP contribution in [-0.4, -0.2) is 29.8 Å². The van der Waals surface area contributed by atoms with E-state index in [-0.39, 0.29) is 10.8 Å². The van der Waals surface area contributed by atoms with Gasteiger partial charge in [0.2, 0.25) is 0 Å². The number of aromatic nitrogens is 6. The fourth-order valence-corrected chi connectivity index (χ4v) is 3.25. The zero-order valence-corrected chi connectivity index (χ0v) is 15.9. The van der Waals surface area contributed by atoms with Crippen LogP contribution in [0.4, 0.5) is 0 Å². The minimum atomic E-state index is -0.0958. The molecule has 0 fully saturated rings. The van der Waals surface area contributed by atoms with E-state index in [0.29, 0.717) is 0 Å². The van der Waals surface area contributed by atoms with Crippen LogP contribution in [0.15, 0.2) is 36.8 Å². The van der Waals surface area contributed by atoms with Crippen molar-refractivity contribution in [1.82, 2.24) is 29.8 Å². The summed E-state index contributed by atoms with van der Waals surface area (Å²) < 4.78 is 2.00. The molecule has 1 N–H and O–H groups in total. The third-order valence-electron chi connectivity index (χ3n) is 4.95. The first-order valence-electron chi connectivity index (χ1n) is 8.88. The van der Waals surface area contributed by atoms with E-state index in [2.05, 4.69) is 73.2 Å². The lowest BCUT2D eigenvalue weighted by Crippen LogP contribution is -2.21. The highest BCUT2D eigenvalue weighted by Gasteiger charge is 2.25. The van der Waals surface area contributed by atoms with Gasteiger partial charge < -0.3 is 0 Å². The van der Waals surface area contributed by atoms with E-state index in [1.54, 1.807) is 0 Å². The topological polar surface area (TPSA) is 71.8 Å². The predicted molar refractivity (Wildman–Crippen MR) is 102 cm³/mol. The molecule has 0 unspecified atom stereocenters. The molecular formula is C20H24N6. The van der Waals surface area contributed by atoms with Gasteiger partial charge in [-0.3, -0.25) is 9.50 Å². The van der Waals surface area contributed by atoms with Crippen LogP contribution in [0.25, 0.3) is 16.7 Å². The van der Waals surface area contributed by atoms with E-state index < -0.39 is 0 Å². The number of nitrogens with one attached hydrogen (secondary N) is 1. The first kappa shape index (κ1) is 16.7. The third-order valence-corrected chi connectivity index (χ3v) is 4.95. The quantitative estimate of drug-likeness (QED) is 0.611. The number of nitrogens with zero attached hydrogens (tertiary/aromatic N) is 5. The van der Waals surface area contributed by atoms with Gasteiger partial charge in [-0.1, -0.05) is 45.9 Å². The number of imidazole rings is 1. The molecule has 6 heteroatoms. The summed E-state index contributed by atoms with van der Waals surface area (Å²) in [4.78, 5) is 9.55. The minimum Gasteiger partial charge on any atom is -0.290 e. The Morgan fingerprint density at radius 2 is 1.88 bits per heavy atom. The highest BCUT2D eigenvalue weighted by molar-refractivity contribution is 5.74. The zero-order valence-electron chi connectivity index (χ0n) is 15.9. The van der Waals surface area contributed by atoms with Gasteiger partial charge >= 0.3 is 0 Å². The van der Waals surface area contributed by atoms with Crippen LogP contribution in [0, 0.1) is 0 Å². The molecule has 0 bridgehead atoms. The lowest BCUT2D eigenvalue weighted by molar-refractivity contribution is 0.518. The van der Waals surface area contributed by atoms with Crippen LogP contribution in [-0.2, 0) is 17.3 Å². The van der Waals surface area contributed by atoms with Crippen molar-refractivity contribution in [3.63, 3.8) is 0 Å². The Kier molecular flexibility index (Phi) is 3.61. The van der Waals surface area contributed by atoms with Gasteiger partial charge in [0.05, 0.1) is 11.2 Å². The van der Waals surface area contributed by atoms with E-state index in [9.17, 15) is 0 Å². The van der Waals surface area contributed by atoms with Gasteiger partial charge in [0.25, 0.3) is 0 Å². The number of rotatable bonds is 3. The van der Waals surface area contributed by atoms with Gasteiger partial charge in [-0.05, 0) is 29.2 Å². The molecule has 134 valence electrons. The summed E-state index contributed by atoms with van der Waals surface area (Å²) in [5, 5.41) is 10.9. The predicted octanol–water partition coefficient (Wildman–Crippen LogP) is 3.82. The molecule has 3 aromatic heterocycles. The normalized spacial score (nSPS) is 13.0. The van der Waals surface area contributed by atoms with Crippen molar-refractivity contribution < 1.29 is 0 Å². The van der Waals surface area contributed by atoms with Crippen LogP contribution < -0.4 is 0 Å². The van der Waals surface area contributed by atoms with Crippen LogP contribution >= 0.6 is 0 Å². The standard InChI is InChI=1S/C20H24N6/c1-19(2,3)17-8-9-26-12-21-16(18(26)22-17)11-20(4,5)13-6-7-14-15(10-13)24-25-23-14/h6-10,12H,11H2,1-5H3,(H,23,24,25). The summed E-state index contributed by atoms with van der Waals surface area (Å²) in [6.45, 7) is 11.0. The molecule has 0 atom stereocenters. The summed E-state index contributed by atoms with van der Waals surface area (Å²) in [7, 11) is 0. The van der Waals surface area contributed by atoms with Crippen molar-refractivity contribution in [2.24, 2.45) is 0 Å². The third kappa shape index (κ3) is 2.85. The molecule has 0 aliphatic carbocycles. The van der Waals surface area contributed by atoms with E-state index in [1.165, 1.54) is 5.56 Å². The van der Waals surface area contributed by atoms with E-state index in [4.69, 9.17) is 4.98 Å². The molecule has 6 nitrogen and oxygen atoms in total. The first-order valence-corrected chi connectivity index (χ1v) is 8.88. The van der Waals surface area contributed by atoms with Gasteiger partial charge in [0, 0.05) is 23.7 Å². The average Bonchev–Trinajstić information content (AvgIpc) is 3.19. The summed E-state index contributed by atoms with van der Waals surface area (Å²) in [5.74, 6) is 0. The summed E-state index contributed by atoms with van der Waals surface area (Å²) in [6, 6.07) is 8.34. The van der Waals surface area contributed by atoms with E-state index >= 15 is 0 Å². The molecule has 0 radical (unpaired) electrons. The molecule has 0 saturated heterocycles. The fourth-order valence-electron chi connectivity index (χ4n) is 3.25. The monoisotopic (exact) mass is 348 g/mol. The number of H-pyrrole nitrogens is 1. The van der Waals surface area contributed by atoms with Gasteiger partial charge in [0.1, 0.15) is 11.8 Å². The van der Waals surface area contributed by atoms with Gasteiger partial charge in [-0.15, -0.1) is 5.10 Å². The Morgan fingerprint density at radius 1 is 1.08 bits per heavy atom. The molecule has 0 spiro atoms. The lowest BCUT2D eigenvalue weighted by Gasteiger charge is -2.24. The number of benzene rings is 1. The largest absolute Gasteiger partial charge is 0.290 e. The Balaban J connectivity index is 1.73. The molecule has 4 aromatic rings. The number of aromatic amines is 1. The second kappa shape index (κ2) is 5.62. The molecule has 0 saturated carbocycles. The SMILES string of the molecule is CC(C)(C)c1ccn2cnc(CC(C)(C)c3ccc4[nH]nnc4c3)c2n1. The zero-order chi connectivity index (χ0) is 18.5. The maximum atomic E-state index is 4.90. The molecular weight excluding hydrogens is 324 g/mol. The van der Waals surface area contributed by atoms with Crippen molar-refractivity contribution in [2.75, 3.05) is 0 Å². The van der Waals surface area contributed by atoms with Gasteiger partial charge in [0.15, 0.2) is 5.65 Å². The Hall–Kier alpha value is -2.76. The Morgan fingerprint density at radius 3 is 2.65 bits per heavy atom. The highest BCUT2D eigenvalue weighted by Crippen LogP contribution is 2.30. The van der Waals surface area contributed by atoms with Crippen molar-refractivity contribution in [2.45, 2.75) is 51.9 Å². The number of hydrogen-bond acceptors (Lipinski definition) is 4. The molecule has 1 aromatic carbocycles. The molecule has 3 heterocycles. The summed E-state index contributed by atoms with van der Waals surface area (Å²) >= 11 is 0. The second-order valence-corrected chi connectivity index (χ2v) is 8.59. The fraction of sp³-hybridized carbons (Fsp3) is 0.400. The minimum absolute atomic E-state index is 0.0107. The second-order valence-electron chi connectivity index (χ2n) is 8.59. The molecule has 0 aliphatic rings. The number of fused-ring (bicyclic) bond motifs is 2. The van der Waals surface area contributed by atoms with Gasteiger partial charge in [-0.25, -0.2) is 9.97 Å². The smallest absolute Gasteiger partial charge is 0.159 e. The van der Waals surface area contributed by atoms with Crippen LogP contribution in [0.3, 0.4) is 0 Å². The van der Waals surface area contributed by atoms with Crippen molar-refractivity contribution in [3.8, 4) is 0 Å². The lowest BCUT2D eigenvalue weighted by atomic mass is 9.80. The first-order chi connectivity index (χ1) is 12.2. The Labute approximate surface area is 152 Å². The molecule has 26 heavy (non-hydrogen) atoms. The van der Waals surface area contributed by atoms with Crippen LogP contribution in [0.1, 0.15) is 51.6 Å².